The third-order valence-corrected chi connectivity index (χ3v) is 5.42. The zero-order valence-corrected chi connectivity index (χ0v) is 18.3. The molecule has 31 heavy (non-hydrogen) atoms. The first kappa shape index (κ1) is 20.7. The number of nitrogens with one attached hydrogen (secondary N) is 1. The molecule has 1 N–H and O–H groups in total. The SMILES string of the molecule is COC(=O)c1ccc(-c2cc(-c3nc(C)n(-c4ccccc4Cl)c3C)[nH]n2)cc1OC. The van der Waals surface area contributed by atoms with Crippen LogP contribution in [0.25, 0.3) is 28.3 Å². The average Bonchev–Trinajstić information content (AvgIpc) is 3.38. The number of aromatic amines is 1. The molecule has 0 fully saturated rings. The maximum atomic E-state index is 11.9. The molecule has 4 aromatic rings. The Labute approximate surface area is 184 Å². The first-order valence-corrected chi connectivity index (χ1v) is 9.95. The number of carbonyl (C=O) groups excluding carboxylic acids is 1. The molecular formula is C23H21ClN4O3. The standard InChI is InChI=1S/C23H21ClN4O3/c1-13-22(25-14(2)28(13)20-8-6-5-7-17(20)24)19-12-18(26-27-19)15-9-10-16(23(29)31-4)21(11-15)30-3/h5-12H,1-4H3,(H,26,27). The first-order valence-electron chi connectivity index (χ1n) is 9.58. The van der Waals surface area contributed by atoms with Crippen LogP contribution in [0.5, 0.6) is 5.75 Å². The number of rotatable bonds is 5. The van der Waals surface area contributed by atoms with Gasteiger partial charge in [-0.25, -0.2) is 9.78 Å². The maximum Gasteiger partial charge on any atom is 0.341 e. The molecule has 158 valence electrons. The Morgan fingerprint density at radius 1 is 1.10 bits per heavy atom. The van der Waals surface area contributed by atoms with Gasteiger partial charge >= 0.3 is 5.97 Å². The topological polar surface area (TPSA) is 82.0 Å². The highest BCUT2D eigenvalue weighted by Crippen LogP contribution is 2.32. The van der Waals surface area contributed by atoms with Crippen LogP contribution in [0, 0.1) is 13.8 Å². The van der Waals surface area contributed by atoms with Crippen molar-refractivity contribution < 1.29 is 14.3 Å². The summed E-state index contributed by atoms with van der Waals surface area (Å²) in [6.07, 6.45) is 0. The molecule has 0 bridgehead atoms. The van der Waals surface area contributed by atoms with E-state index in [0.29, 0.717) is 22.0 Å². The number of halogens is 1. The monoisotopic (exact) mass is 436 g/mol. The van der Waals surface area contributed by atoms with E-state index < -0.39 is 5.97 Å². The number of benzene rings is 2. The zero-order chi connectivity index (χ0) is 22.1. The van der Waals surface area contributed by atoms with E-state index in [1.54, 1.807) is 18.2 Å². The van der Waals surface area contributed by atoms with Gasteiger partial charge in [-0.1, -0.05) is 29.8 Å². The van der Waals surface area contributed by atoms with Crippen molar-refractivity contribution >= 4 is 17.6 Å². The number of aryl methyl sites for hydroxylation is 1. The van der Waals surface area contributed by atoms with Crippen molar-refractivity contribution in [2.75, 3.05) is 14.2 Å². The fraction of sp³-hybridized carbons (Fsp3) is 0.174. The van der Waals surface area contributed by atoms with Crippen LogP contribution in [-0.4, -0.2) is 39.9 Å². The molecule has 0 spiro atoms. The van der Waals surface area contributed by atoms with Gasteiger partial charge in [0.05, 0.1) is 36.3 Å². The van der Waals surface area contributed by atoms with Gasteiger partial charge in [0.15, 0.2) is 0 Å². The lowest BCUT2D eigenvalue weighted by atomic mass is 10.1. The van der Waals surface area contributed by atoms with Gasteiger partial charge in [0.1, 0.15) is 22.8 Å². The number of hydrogen-bond donors (Lipinski definition) is 1. The third-order valence-electron chi connectivity index (χ3n) is 5.10. The molecule has 2 aromatic heterocycles. The van der Waals surface area contributed by atoms with Crippen LogP contribution in [0.1, 0.15) is 21.9 Å². The predicted molar refractivity (Wildman–Crippen MR) is 119 cm³/mol. The largest absolute Gasteiger partial charge is 0.496 e. The summed E-state index contributed by atoms with van der Waals surface area (Å²) in [5, 5.41) is 8.15. The molecule has 0 atom stereocenters. The summed E-state index contributed by atoms with van der Waals surface area (Å²) in [7, 11) is 2.84. The van der Waals surface area contributed by atoms with E-state index in [0.717, 1.165) is 34.2 Å². The molecule has 0 amide bonds. The van der Waals surface area contributed by atoms with Gasteiger partial charge in [-0.05, 0) is 44.2 Å². The fourth-order valence-electron chi connectivity index (χ4n) is 3.60. The number of methoxy groups -OCH3 is 2. The lowest BCUT2D eigenvalue weighted by Gasteiger charge is -2.09. The molecule has 0 aliphatic heterocycles. The number of aromatic nitrogens is 4. The zero-order valence-electron chi connectivity index (χ0n) is 17.6. The normalized spacial score (nSPS) is 10.9. The Morgan fingerprint density at radius 3 is 2.58 bits per heavy atom. The summed E-state index contributed by atoms with van der Waals surface area (Å²) in [4.78, 5) is 16.6. The summed E-state index contributed by atoms with van der Waals surface area (Å²) in [5.74, 6) is 0.784. The van der Waals surface area contributed by atoms with E-state index in [1.807, 2.05) is 48.7 Å². The van der Waals surface area contributed by atoms with Crippen molar-refractivity contribution in [2.45, 2.75) is 13.8 Å². The van der Waals surface area contributed by atoms with Gasteiger partial charge in [-0.2, -0.15) is 5.10 Å². The number of ether oxygens (including phenoxy) is 2. The number of H-pyrrole nitrogens is 1. The van der Waals surface area contributed by atoms with Crippen LogP contribution in [0.15, 0.2) is 48.5 Å². The summed E-state index contributed by atoms with van der Waals surface area (Å²) >= 11 is 6.40. The number of para-hydroxylation sites is 1. The number of esters is 1. The molecule has 2 aromatic carbocycles. The van der Waals surface area contributed by atoms with E-state index in [-0.39, 0.29) is 0 Å². The van der Waals surface area contributed by atoms with Crippen LogP contribution in [-0.2, 0) is 4.74 Å². The summed E-state index contributed by atoms with van der Waals surface area (Å²) < 4.78 is 12.2. The fourth-order valence-corrected chi connectivity index (χ4v) is 3.82. The number of nitrogens with zero attached hydrogens (tertiary/aromatic N) is 3. The highest BCUT2D eigenvalue weighted by molar-refractivity contribution is 6.32. The third kappa shape index (κ3) is 3.68. The average molecular weight is 437 g/mol. The van der Waals surface area contributed by atoms with Gasteiger partial charge < -0.3 is 9.47 Å². The molecule has 0 saturated heterocycles. The minimum absolute atomic E-state index is 0.356. The highest BCUT2D eigenvalue weighted by Gasteiger charge is 2.19. The van der Waals surface area contributed by atoms with E-state index in [1.165, 1.54) is 14.2 Å². The second-order valence-electron chi connectivity index (χ2n) is 6.95. The lowest BCUT2D eigenvalue weighted by Crippen LogP contribution is -2.04. The van der Waals surface area contributed by atoms with Crippen LogP contribution >= 0.6 is 11.6 Å². The molecule has 0 saturated carbocycles. The molecular weight excluding hydrogens is 416 g/mol. The van der Waals surface area contributed by atoms with Gasteiger partial charge in [-0.15, -0.1) is 0 Å². The molecule has 0 aliphatic rings. The van der Waals surface area contributed by atoms with Gasteiger partial charge in [0, 0.05) is 11.3 Å². The molecule has 0 radical (unpaired) electrons. The Hall–Kier alpha value is -3.58. The van der Waals surface area contributed by atoms with Gasteiger partial charge in [0.25, 0.3) is 0 Å². The Kier molecular flexibility index (Phi) is 5.52. The van der Waals surface area contributed by atoms with Crippen LogP contribution in [0.3, 0.4) is 0 Å². The highest BCUT2D eigenvalue weighted by atomic mass is 35.5. The van der Waals surface area contributed by atoms with Crippen LogP contribution < -0.4 is 4.74 Å². The molecule has 4 rings (SSSR count). The molecule has 0 unspecified atom stereocenters. The van der Waals surface area contributed by atoms with Crippen molar-refractivity contribution in [3.8, 4) is 34.1 Å². The Bertz CT molecular complexity index is 1280. The quantitative estimate of drug-likeness (QED) is 0.445. The summed E-state index contributed by atoms with van der Waals surface area (Å²) in [5.41, 5.74) is 5.24. The van der Waals surface area contributed by atoms with Crippen molar-refractivity contribution in [3.63, 3.8) is 0 Å². The van der Waals surface area contributed by atoms with Crippen molar-refractivity contribution in [2.24, 2.45) is 0 Å². The predicted octanol–water partition coefficient (Wildman–Crippen LogP) is 4.99. The second-order valence-corrected chi connectivity index (χ2v) is 7.36. The van der Waals surface area contributed by atoms with Crippen LogP contribution in [0.2, 0.25) is 5.02 Å². The first-order chi connectivity index (χ1) is 14.9. The molecule has 7 nitrogen and oxygen atoms in total. The van der Waals surface area contributed by atoms with E-state index in [9.17, 15) is 4.79 Å². The second kappa shape index (κ2) is 8.28. The number of imidazole rings is 1. The van der Waals surface area contributed by atoms with Gasteiger partial charge in [-0.3, -0.25) is 9.67 Å². The van der Waals surface area contributed by atoms with E-state index in [4.69, 9.17) is 26.1 Å². The van der Waals surface area contributed by atoms with Crippen molar-refractivity contribution in [1.29, 1.82) is 0 Å². The summed E-state index contributed by atoms with van der Waals surface area (Å²) in [6.45, 7) is 3.93. The Balaban J connectivity index is 1.73. The molecule has 2 heterocycles. The van der Waals surface area contributed by atoms with E-state index in [2.05, 4.69) is 10.2 Å². The minimum atomic E-state index is -0.456. The van der Waals surface area contributed by atoms with Crippen LogP contribution in [0.4, 0.5) is 0 Å². The number of carbonyl (C=O) groups is 1. The van der Waals surface area contributed by atoms with E-state index >= 15 is 0 Å². The van der Waals surface area contributed by atoms with Crippen molar-refractivity contribution in [1.82, 2.24) is 19.7 Å². The van der Waals surface area contributed by atoms with Crippen molar-refractivity contribution in [3.05, 3.63) is 70.6 Å². The number of hydrogen-bond acceptors (Lipinski definition) is 5. The summed E-state index contributed by atoms with van der Waals surface area (Å²) in [6, 6.07) is 14.8. The van der Waals surface area contributed by atoms with Gasteiger partial charge in [0.2, 0.25) is 0 Å². The minimum Gasteiger partial charge on any atom is -0.496 e. The smallest absolute Gasteiger partial charge is 0.341 e. The maximum absolute atomic E-state index is 11.9. The molecule has 8 heteroatoms. The Morgan fingerprint density at radius 2 is 1.87 bits per heavy atom. The molecule has 0 aliphatic carbocycles. The lowest BCUT2D eigenvalue weighted by molar-refractivity contribution is 0.0597.